The molecular formula is C15H23NO. The molecule has 0 spiro atoms. The van der Waals surface area contributed by atoms with E-state index >= 15 is 0 Å². The van der Waals surface area contributed by atoms with Crippen LogP contribution in [0.2, 0.25) is 0 Å². The topological polar surface area (TPSA) is 21.6 Å². The average Bonchev–Trinajstić information content (AvgIpc) is 2.34. The van der Waals surface area contributed by atoms with Crippen molar-refractivity contribution in [2.24, 2.45) is 11.1 Å². The highest BCUT2D eigenvalue weighted by Crippen LogP contribution is 2.15. The first kappa shape index (κ1) is 13.8. The monoisotopic (exact) mass is 233 g/mol. The SMILES string of the molecule is CC(C)=NOC(C)C(C)CCc1ccccc1. The van der Waals surface area contributed by atoms with Gasteiger partial charge in [0.2, 0.25) is 0 Å². The predicted octanol–water partition coefficient (Wildman–Crippen LogP) is 4.06. The third-order valence-electron chi connectivity index (χ3n) is 2.93. The fraction of sp³-hybridized carbons (Fsp3) is 0.533. The maximum absolute atomic E-state index is 5.44. The summed E-state index contributed by atoms with van der Waals surface area (Å²) in [5.41, 5.74) is 2.36. The summed E-state index contributed by atoms with van der Waals surface area (Å²) in [5.74, 6) is 0.512. The Hall–Kier alpha value is -1.31. The molecule has 0 aliphatic rings. The van der Waals surface area contributed by atoms with Gasteiger partial charge in [-0.25, -0.2) is 0 Å². The van der Waals surface area contributed by atoms with Crippen LogP contribution in [0.1, 0.15) is 39.7 Å². The molecule has 0 radical (unpaired) electrons. The molecule has 0 saturated carbocycles. The van der Waals surface area contributed by atoms with Gasteiger partial charge in [-0.3, -0.25) is 0 Å². The van der Waals surface area contributed by atoms with Crippen LogP contribution in [0.4, 0.5) is 0 Å². The number of hydrogen-bond donors (Lipinski definition) is 0. The summed E-state index contributed by atoms with van der Waals surface area (Å²) in [4.78, 5) is 5.44. The molecule has 1 rings (SSSR count). The highest BCUT2D eigenvalue weighted by molar-refractivity contribution is 5.78. The van der Waals surface area contributed by atoms with Crippen LogP contribution >= 0.6 is 0 Å². The van der Waals surface area contributed by atoms with Crippen molar-refractivity contribution in [2.45, 2.75) is 46.6 Å². The number of benzene rings is 1. The summed E-state index contributed by atoms with van der Waals surface area (Å²) in [6.45, 7) is 8.19. The van der Waals surface area contributed by atoms with Gasteiger partial charge < -0.3 is 4.84 Å². The van der Waals surface area contributed by atoms with Gasteiger partial charge in [-0.15, -0.1) is 0 Å². The summed E-state index contributed by atoms with van der Waals surface area (Å²) in [6, 6.07) is 10.6. The van der Waals surface area contributed by atoms with E-state index in [0.717, 1.165) is 18.6 Å². The smallest absolute Gasteiger partial charge is 0.127 e. The Balaban J connectivity index is 2.34. The zero-order valence-corrected chi connectivity index (χ0v) is 11.3. The Kier molecular flexibility index (Phi) is 5.75. The standard InChI is InChI=1S/C15H23NO/c1-12(2)16-17-14(4)13(3)10-11-15-8-6-5-7-9-15/h5-9,13-14H,10-11H2,1-4H3. The Labute approximate surface area is 105 Å². The largest absolute Gasteiger partial charge is 0.393 e. The van der Waals surface area contributed by atoms with E-state index < -0.39 is 0 Å². The number of rotatable bonds is 6. The van der Waals surface area contributed by atoms with Crippen molar-refractivity contribution in [1.82, 2.24) is 0 Å². The van der Waals surface area contributed by atoms with Crippen molar-refractivity contribution in [1.29, 1.82) is 0 Å². The molecule has 2 heteroatoms. The Morgan fingerprint density at radius 1 is 1.18 bits per heavy atom. The number of nitrogens with zero attached hydrogens (tertiary/aromatic N) is 1. The predicted molar refractivity (Wildman–Crippen MR) is 73.3 cm³/mol. The van der Waals surface area contributed by atoms with Gasteiger partial charge in [-0.2, -0.15) is 0 Å². The first-order chi connectivity index (χ1) is 8.09. The number of hydrogen-bond acceptors (Lipinski definition) is 2. The van der Waals surface area contributed by atoms with Crippen molar-refractivity contribution in [3.05, 3.63) is 35.9 Å². The summed E-state index contributed by atoms with van der Waals surface area (Å²) in [5, 5.41) is 4.02. The van der Waals surface area contributed by atoms with Gasteiger partial charge in [0.25, 0.3) is 0 Å². The average molecular weight is 233 g/mol. The minimum Gasteiger partial charge on any atom is -0.393 e. The molecule has 0 saturated heterocycles. The van der Waals surface area contributed by atoms with Crippen LogP contribution in [-0.4, -0.2) is 11.8 Å². The third kappa shape index (κ3) is 5.53. The fourth-order valence-electron chi connectivity index (χ4n) is 1.57. The normalized spacial score (nSPS) is 13.9. The van der Waals surface area contributed by atoms with E-state index in [-0.39, 0.29) is 6.10 Å². The lowest BCUT2D eigenvalue weighted by Gasteiger charge is -2.18. The van der Waals surface area contributed by atoms with Crippen molar-refractivity contribution < 1.29 is 4.84 Å². The molecule has 0 heterocycles. The van der Waals surface area contributed by atoms with E-state index in [9.17, 15) is 0 Å². The number of oxime groups is 1. The highest BCUT2D eigenvalue weighted by Gasteiger charge is 2.13. The maximum atomic E-state index is 5.44. The lowest BCUT2D eigenvalue weighted by Crippen LogP contribution is -2.17. The van der Waals surface area contributed by atoms with Gasteiger partial charge in [0.15, 0.2) is 0 Å². The van der Waals surface area contributed by atoms with Gasteiger partial charge in [-0.1, -0.05) is 42.4 Å². The number of aryl methyl sites for hydroxylation is 1. The molecule has 2 unspecified atom stereocenters. The van der Waals surface area contributed by atoms with Crippen LogP contribution in [-0.2, 0) is 11.3 Å². The molecule has 0 aromatic heterocycles. The molecule has 2 nitrogen and oxygen atoms in total. The molecular weight excluding hydrogens is 210 g/mol. The van der Waals surface area contributed by atoms with Crippen LogP contribution in [0, 0.1) is 5.92 Å². The minimum atomic E-state index is 0.175. The molecule has 1 aromatic rings. The quantitative estimate of drug-likeness (QED) is 0.536. The zero-order chi connectivity index (χ0) is 12.7. The fourth-order valence-corrected chi connectivity index (χ4v) is 1.57. The molecule has 0 fully saturated rings. The molecule has 0 N–H and O–H groups in total. The first-order valence-corrected chi connectivity index (χ1v) is 6.30. The van der Waals surface area contributed by atoms with E-state index in [2.05, 4.69) is 49.3 Å². The molecule has 0 amide bonds. The molecule has 94 valence electrons. The van der Waals surface area contributed by atoms with Crippen LogP contribution in [0.25, 0.3) is 0 Å². The van der Waals surface area contributed by atoms with Gasteiger partial charge in [-0.05, 0) is 45.1 Å². The molecule has 17 heavy (non-hydrogen) atoms. The zero-order valence-electron chi connectivity index (χ0n) is 11.3. The Bertz CT molecular complexity index is 341. The van der Waals surface area contributed by atoms with E-state index in [1.54, 1.807) is 0 Å². The van der Waals surface area contributed by atoms with Gasteiger partial charge in [0.05, 0.1) is 5.71 Å². The Morgan fingerprint density at radius 2 is 1.82 bits per heavy atom. The highest BCUT2D eigenvalue weighted by atomic mass is 16.6. The summed E-state index contributed by atoms with van der Waals surface area (Å²) in [6.07, 6.45) is 2.40. The molecule has 1 aromatic carbocycles. The summed E-state index contributed by atoms with van der Waals surface area (Å²) < 4.78 is 0. The second kappa shape index (κ2) is 7.10. The van der Waals surface area contributed by atoms with E-state index in [1.165, 1.54) is 5.56 Å². The van der Waals surface area contributed by atoms with E-state index in [0.29, 0.717) is 5.92 Å². The van der Waals surface area contributed by atoms with Crippen molar-refractivity contribution in [3.8, 4) is 0 Å². The van der Waals surface area contributed by atoms with Gasteiger partial charge >= 0.3 is 0 Å². The van der Waals surface area contributed by atoms with Crippen LogP contribution < -0.4 is 0 Å². The maximum Gasteiger partial charge on any atom is 0.127 e. The molecule has 0 bridgehead atoms. The summed E-state index contributed by atoms with van der Waals surface area (Å²) >= 11 is 0. The summed E-state index contributed by atoms with van der Waals surface area (Å²) in [7, 11) is 0. The van der Waals surface area contributed by atoms with E-state index in [4.69, 9.17) is 4.84 Å². The van der Waals surface area contributed by atoms with Crippen molar-refractivity contribution in [3.63, 3.8) is 0 Å². The van der Waals surface area contributed by atoms with Crippen LogP contribution in [0.3, 0.4) is 0 Å². The van der Waals surface area contributed by atoms with Crippen LogP contribution in [0.5, 0.6) is 0 Å². The molecule has 2 atom stereocenters. The van der Waals surface area contributed by atoms with Crippen LogP contribution in [0.15, 0.2) is 35.5 Å². The van der Waals surface area contributed by atoms with E-state index in [1.807, 2.05) is 13.8 Å². The molecule has 0 aliphatic carbocycles. The lowest BCUT2D eigenvalue weighted by molar-refractivity contribution is 0.0321. The second-order valence-corrected chi connectivity index (χ2v) is 4.85. The molecule has 0 aliphatic heterocycles. The first-order valence-electron chi connectivity index (χ1n) is 6.30. The second-order valence-electron chi connectivity index (χ2n) is 4.85. The third-order valence-corrected chi connectivity index (χ3v) is 2.93. The minimum absolute atomic E-state index is 0.175. The van der Waals surface area contributed by atoms with Crippen molar-refractivity contribution in [2.75, 3.05) is 0 Å². The van der Waals surface area contributed by atoms with Gasteiger partial charge in [0.1, 0.15) is 6.10 Å². The van der Waals surface area contributed by atoms with Gasteiger partial charge in [0, 0.05) is 0 Å². The Morgan fingerprint density at radius 3 is 2.41 bits per heavy atom. The lowest BCUT2D eigenvalue weighted by atomic mass is 9.97. The van der Waals surface area contributed by atoms with Crippen molar-refractivity contribution >= 4 is 5.71 Å².